The molecular formula is C26H18IS2-. The summed E-state index contributed by atoms with van der Waals surface area (Å²) in [6.45, 7) is 2.22. The van der Waals surface area contributed by atoms with Gasteiger partial charge in [0.05, 0.1) is 0 Å². The summed E-state index contributed by atoms with van der Waals surface area (Å²) in [7, 11) is 0. The van der Waals surface area contributed by atoms with Crippen LogP contribution in [0, 0.1) is 10.5 Å². The third-order valence-corrected chi connectivity index (χ3v) is 9.87. The van der Waals surface area contributed by atoms with Crippen molar-refractivity contribution in [2.45, 2.75) is 6.92 Å². The average Bonchev–Trinajstić information content (AvgIpc) is 3.30. The molecule has 0 nitrogen and oxygen atoms in total. The summed E-state index contributed by atoms with van der Waals surface area (Å²) < 4.78 is 7.05. The number of halogens is 1. The fraction of sp³-hybridized carbons (Fsp3) is 0.0769. The molecule has 2 heterocycles. The summed E-state index contributed by atoms with van der Waals surface area (Å²) in [6, 6.07) is 27.6. The van der Waals surface area contributed by atoms with Crippen LogP contribution in [-0.4, -0.2) is 4.93 Å². The molecule has 0 N–H and O–H groups in total. The number of hydrogen-bond donors (Lipinski definition) is 0. The number of fused-ring (bicyclic) bond motifs is 6. The van der Waals surface area contributed by atoms with E-state index in [1.165, 1.54) is 60.6 Å². The Morgan fingerprint density at radius 3 is 2.28 bits per heavy atom. The summed E-state index contributed by atoms with van der Waals surface area (Å²) in [4.78, 5) is 2.33. The van der Waals surface area contributed by atoms with E-state index >= 15 is 0 Å². The zero-order valence-electron chi connectivity index (χ0n) is 16.1. The van der Waals surface area contributed by atoms with Gasteiger partial charge in [0.25, 0.3) is 0 Å². The van der Waals surface area contributed by atoms with Crippen molar-refractivity contribution in [1.82, 2.24) is 0 Å². The van der Waals surface area contributed by atoms with Crippen molar-refractivity contribution in [1.29, 1.82) is 0 Å². The average molecular weight is 521 g/mol. The van der Waals surface area contributed by atoms with E-state index in [0.29, 0.717) is 0 Å². The number of rotatable bonds is 2. The van der Waals surface area contributed by atoms with Crippen molar-refractivity contribution < 1.29 is 21.2 Å². The first-order valence-electron chi connectivity index (χ1n) is 9.59. The summed E-state index contributed by atoms with van der Waals surface area (Å²) in [5, 5.41) is 5.61. The van der Waals surface area contributed by atoms with E-state index < -0.39 is 0 Å². The molecule has 6 rings (SSSR count). The van der Waals surface area contributed by atoms with Gasteiger partial charge in [-0.3, -0.25) is 0 Å². The summed E-state index contributed by atoms with van der Waals surface area (Å²) in [5.74, 6) is 0. The van der Waals surface area contributed by atoms with Crippen LogP contribution in [0.5, 0.6) is 0 Å². The molecule has 0 amide bonds. The molecule has 142 valence electrons. The van der Waals surface area contributed by atoms with Crippen molar-refractivity contribution >= 4 is 63.0 Å². The zero-order chi connectivity index (χ0) is 19.5. The molecule has 0 aliphatic carbocycles. The molecule has 0 spiro atoms. The Bertz CT molecular complexity index is 1550. The first-order chi connectivity index (χ1) is 14.2. The van der Waals surface area contributed by atoms with Crippen molar-refractivity contribution in [3.8, 4) is 11.1 Å². The molecule has 4 aromatic carbocycles. The fourth-order valence-corrected chi connectivity index (χ4v) is 7.68. The van der Waals surface area contributed by atoms with Crippen molar-refractivity contribution in [2.75, 3.05) is 4.93 Å². The normalized spacial score (nSPS) is 12.1. The molecule has 0 atom stereocenters. The van der Waals surface area contributed by atoms with Crippen LogP contribution in [0.2, 0.25) is 0 Å². The molecule has 0 fully saturated rings. The number of alkyl halides is 1. The maximum absolute atomic E-state index is 2.41. The Balaban J connectivity index is 1.56. The second-order valence-corrected chi connectivity index (χ2v) is 11.9. The van der Waals surface area contributed by atoms with E-state index in [9.17, 15) is 0 Å². The summed E-state index contributed by atoms with van der Waals surface area (Å²) in [6.07, 6.45) is 0. The van der Waals surface area contributed by atoms with E-state index in [1.54, 1.807) is 0 Å². The van der Waals surface area contributed by atoms with Crippen LogP contribution in [0.1, 0.15) is 5.56 Å². The Morgan fingerprint density at radius 1 is 0.621 bits per heavy atom. The standard InChI is InChI=1S/C26H18IS2/c1-15-4-3-5-24-26(15)21-12-16(7-10-23(21)28-24)17-6-9-19-20-14-18(27-2)8-11-22(20)29-25(19)13-17/h3-14H,1-2H3/q-1. The first-order valence-corrected chi connectivity index (χ1v) is 14.5. The van der Waals surface area contributed by atoms with Gasteiger partial charge >= 0.3 is 164 Å². The van der Waals surface area contributed by atoms with Crippen LogP contribution in [-0.2, 0) is 0 Å². The van der Waals surface area contributed by atoms with Gasteiger partial charge in [-0.25, -0.2) is 0 Å². The van der Waals surface area contributed by atoms with Crippen LogP contribution < -0.4 is 21.2 Å². The minimum atomic E-state index is 0.129. The second-order valence-electron chi connectivity index (χ2n) is 7.40. The van der Waals surface area contributed by atoms with E-state index in [0.717, 1.165) is 0 Å². The molecule has 0 saturated carbocycles. The van der Waals surface area contributed by atoms with Crippen LogP contribution in [0.25, 0.3) is 51.5 Å². The topological polar surface area (TPSA) is 0 Å². The number of aryl methyl sites for hydroxylation is 1. The van der Waals surface area contributed by atoms with Gasteiger partial charge in [0, 0.05) is 0 Å². The van der Waals surface area contributed by atoms with Crippen molar-refractivity contribution in [2.24, 2.45) is 0 Å². The third kappa shape index (κ3) is 2.82. The van der Waals surface area contributed by atoms with E-state index in [1.807, 2.05) is 22.7 Å². The monoisotopic (exact) mass is 521 g/mol. The van der Waals surface area contributed by atoms with E-state index in [-0.39, 0.29) is 21.2 Å². The second kappa shape index (κ2) is 6.79. The quantitative estimate of drug-likeness (QED) is 0.215. The molecule has 6 aromatic rings. The van der Waals surface area contributed by atoms with Crippen molar-refractivity contribution in [3.63, 3.8) is 0 Å². The van der Waals surface area contributed by atoms with Gasteiger partial charge < -0.3 is 0 Å². The van der Waals surface area contributed by atoms with Gasteiger partial charge in [-0.1, -0.05) is 12.1 Å². The van der Waals surface area contributed by atoms with E-state index in [4.69, 9.17) is 0 Å². The molecule has 0 unspecified atom stereocenters. The Labute approximate surface area is 188 Å². The van der Waals surface area contributed by atoms with Gasteiger partial charge in [-0.05, 0) is 13.0 Å². The number of benzene rings is 4. The molecule has 3 heteroatoms. The summed E-state index contributed by atoms with van der Waals surface area (Å²) in [5.41, 5.74) is 3.97. The molecular weight excluding hydrogens is 503 g/mol. The molecule has 29 heavy (non-hydrogen) atoms. The Hall–Kier alpha value is -1.95. The van der Waals surface area contributed by atoms with Gasteiger partial charge in [0.15, 0.2) is 0 Å². The van der Waals surface area contributed by atoms with Gasteiger partial charge in [0.2, 0.25) is 0 Å². The van der Waals surface area contributed by atoms with Gasteiger partial charge in [0.1, 0.15) is 0 Å². The molecule has 0 radical (unpaired) electrons. The molecule has 0 saturated heterocycles. The fourth-order valence-electron chi connectivity index (χ4n) is 4.23. The van der Waals surface area contributed by atoms with E-state index in [2.05, 4.69) is 84.7 Å². The molecule has 0 bridgehead atoms. The minimum absolute atomic E-state index is 0.129. The Morgan fingerprint density at radius 2 is 1.38 bits per heavy atom. The van der Waals surface area contributed by atoms with Crippen LogP contribution in [0.3, 0.4) is 0 Å². The predicted molar refractivity (Wildman–Crippen MR) is 127 cm³/mol. The SMILES string of the molecule is C[I-]c1ccc2sc3cc(-c4ccc5sc6cccc(C)c6c5c4)ccc3c2c1. The molecule has 0 aliphatic heterocycles. The van der Waals surface area contributed by atoms with Crippen LogP contribution in [0.15, 0.2) is 72.8 Å². The predicted octanol–water partition coefficient (Wildman–Crippen LogP) is 5.29. The third-order valence-electron chi connectivity index (χ3n) is 5.69. The molecule has 2 aromatic heterocycles. The number of hydrogen-bond acceptors (Lipinski definition) is 2. The summed E-state index contributed by atoms with van der Waals surface area (Å²) >= 11 is 3.94. The van der Waals surface area contributed by atoms with Crippen LogP contribution >= 0.6 is 22.7 Å². The molecule has 0 aliphatic rings. The van der Waals surface area contributed by atoms with Gasteiger partial charge in [-0.2, -0.15) is 0 Å². The zero-order valence-corrected chi connectivity index (χ0v) is 19.9. The first kappa shape index (κ1) is 17.9. The van der Waals surface area contributed by atoms with Gasteiger partial charge in [-0.15, -0.1) is 0 Å². The maximum atomic E-state index is 2.41. The van der Waals surface area contributed by atoms with Crippen LogP contribution in [0.4, 0.5) is 0 Å². The van der Waals surface area contributed by atoms with Crippen molar-refractivity contribution in [3.05, 3.63) is 81.9 Å². The number of thiophene rings is 2. The Kier molecular flexibility index (Phi) is 4.19.